The van der Waals surface area contributed by atoms with Crippen molar-refractivity contribution in [3.63, 3.8) is 0 Å². The zero-order valence-corrected chi connectivity index (χ0v) is 16.1. The molecule has 150 valence electrons. The Morgan fingerprint density at radius 2 is 1.93 bits per heavy atom. The lowest BCUT2D eigenvalue weighted by Gasteiger charge is -2.05. The fraction of sp³-hybridized carbons (Fsp3) is 0.176. The van der Waals surface area contributed by atoms with Crippen molar-refractivity contribution in [3.05, 3.63) is 59.9 Å². The van der Waals surface area contributed by atoms with Gasteiger partial charge in [-0.3, -0.25) is 0 Å². The Hall–Kier alpha value is -2.86. The fourth-order valence-corrected chi connectivity index (χ4v) is 3.86. The number of alkyl halides is 3. The number of nitrogens with zero attached hydrogens (tertiary/aromatic N) is 4. The van der Waals surface area contributed by atoms with Gasteiger partial charge in [0.2, 0.25) is 16.8 Å². The van der Waals surface area contributed by atoms with E-state index in [0.717, 1.165) is 17.9 Å². The maximum Gasteiger partial charge on any atom is 0.416 e. The highest BCUT2D eigenvalue weighted by atomic mass is 32.2. The zero-order valence-electron chi connectivity index (χ0n) is 14.5. The lowest BCUT2D eigenvalue weighted by molar-refractivity contribution is -0.137. The lowest BCUT2D eigenvalue weighted by atomic mass is 10.1. The number of thioether (sulfide) groups is 1. The van der Waals surface area contributed by atoms with E-state index in [2.05, 4.69) is 25.7 Å². The number of hydrogen-bond acceptors (Lipinski definition) is 9. The molecular formula is C17H12F3N5O2S2. The molecule has 0 bridgehead atoms. The van der Waals surface area contributed by atoms with Gasteiger partial charge in [-0.05, 0) is 24.3 Å². The molecule has 0 saturated carbocycles. The molecule has 0 unspecified atom stereocenters. The van der Waals surface area contributed by atoms with Gasteiger partial charge < -0.3 is 14.3 Å². The Labute approximate surface area is 170 Å². The Morgan fingerprint density at radius 3 is 2.66 bits per heavy atom. The minimum atomic E-state index is -4.38. The Morgan fingerprint density at radius 1 is 1.10 bits per heavy atom. The summed E-state index contributed by atoms with van der Waals surface area (Å²) in [6.07, 6.45) is -2.78. The van der Waals surface area contributed by atoms with Crippen LogP contribution in [0.3, 0.4) is 0 Å². The van der Waals surface area contributed by atoms with E-state index in [1.807, 2.05) is 12.1 Å². The molecule has 29 heavy (non-hydrogen) atoms. The SMILES string of the molecule is FC(F)(F)c1ccc(-c2noc(CSc3nnc(NCc4ccco4)s3)n2)cc1. The van der Waals surface area contributed by atoms with E-state index in [0.29, 0.717) is 33.2 Å². The van der Waals surface area contributed by atoms with Gasteiger partial charge in [0.15, 0.2) is 4.34 Å². The first kappa shape index (κ1) is 19.5. The minimum absolute atomic E-state index is 0.229. The molecule has 0 aliphatic rings. The summed E-state index contributed by atoms with van der Waals surface area (Å²) in [5, 5.41) is 15.7. The molecule has 1 aromatic carbocycles. The summed E-state index contributed by atoms with van der Waals surface area (Å²) < 4.78 is 49.0. The predicted molar refractivity (Wildman–Crippen MR) is 100 cm³/mol. The normalized spacial score (nSPS) is 11.7. The van der Waals surface area contributed by atoms with Gasteiger partial charge >= 0.3 is 6.18 Å². The lowest BCUT2D eigenvalue weighted by Crippen LogP contribution is -2.04. The third kappa shape index (κ3) is 4.95. The van der Waals surface area contributed by atoms with E-state index in [9.17, 15) is 13.2 Å². The van der Waals surface area contributed by atoms with Crippen LogP contribution in [0.4, 0.5) is 18.3 Å². The monoisotopic (exact) mass is 439 g/mol. The number of benzene rings is 1. The average Bonchev–Trinajstić information content (AvgIpc) is 3.46. The van der Waals surface area contributed by atoms with E-state index in [4.69, 9.17) is 8.94 Å². The van der Waals surface area contributed by atoms with Crippen molar-refractivity contribution in [1.82, 2.24) is 20.3 Å². The topological polar surface area (TPSA) is 89.9 Å². The van der Waals surface area contributed by atoms with Crippen LogP contribution in [-0.2, 0) is 18.5 Å². The predicted octanol–water partition coefficient (Wildman–Crippen LogP) is 5.10. The quantitative estimate of drug-likeness (QED) is 0.398. The van der Waals surface area contributed by atoms with Gasteiger partial charge in [-0.2, -0.15) is 18.2 Å². The van der Waals surface area contributed by atoms with Gasteiger partial charge in [-0.25, -0.2) is 0 Å². The van der Waals surface area contributed by atoms with Crippen LogP contribution >= 0.6 is 23.1 Å². The number of furan rings is 1. The minimum Gasteiger partial charge on any atom is -0.467 e. The van der Waals surface area contributed by atoms with E-state index in [1.165, 1.54) is 35.2 Å². The molecule has 3 heterocycles. The molecule has 0 saturated heterocycles. The molecular weight excluding hydrogens is 427 g/mol. The van der Waals surface area contributed by atoms with Crippen LogP contribution < -0.4 is 5.32 Å². The van der Waals surface area contributed by atoms with Crippen LogP contribution in [0.1, 0.15) is 17.2 Å². The Balaban J connectivity index is 1.33. The average molecular weight is 439 g/mol. The largest absolute Gasteiger partial charge is 0.467 e. The van der Waals surface area contributed by atoms with E-state index in [-0.39, 0.29) is 5.82 Å². The molecule has 4 rings (SSSR count). The van der Waals surface area contributed by atoms with E-state index >= 15 is 0 Å². The Bertz CT molecular complexity index is 1060. The summed E-state index contributed by atoms with van der Waals surface area (Å²) in [4.78, 5) is 4.21. The van der Waals surface area contributed by atoms with Crippen LogP contribution in [0.2, 0.25) is 0 Å². The second-order valence-electron chi connectivity index (χ2n) is 5.68. The van der Waals surface area contributed by atoms with E-state index in [1.54, 1.807) is 6.26 Å². The number of anilines is 1. The summed E-state index contributed by atoms with van der Waals surface area (Å²) >= 11 is 2.74. The highest BCUT2D eigenvalue weighted by Crippen LogP contribution is 2.31. The molecule has 0 aliphatic heterocycles. The first-order valence-electron chi connectivity index (χ1n) is 8.20. The smallest absolute Gasteiger partial charge is 0.416 e. The summed E-state index contributed by atoms with van der Waals surface area (Å²) in [6, 6.07) is 8.26. The third-order valence-electron chi connectivity index (χ3n) is 3.66. The molecule has 4 aromatic rings. The van der Waals surface area contributed by atoms with Crippen molar-refractivity contribution in [1.29, 1.82) is 0 Å². The molecule has 0 radical (unpaired) electrons. The number of aromatic nitrogens is 4. The molecule has 0 atom stereocenters. The standard InChI is InChI=1S/C17H12F3N5O2S2/c18-17(19,20)11-5-3-10(4-6-11)14-22-13(27-25-14)9-28-16-24-23-15(29-16)21-8-12-2-1-7-26-12/h1-7H,8-9H2,(H,21,23). The summed E-state index contributed by atoms with van der Waals surface area (Å²) in [5.41, 5.74) is -0.286. The number of nitrogens with one attached hydrogen (secondary N) is 1. The van der Waals surface area contributed by atoms with Crippen molar-refractivity contribution in [2.75, 3.05) is 5.32 Å². The Kier molecular flexibility index (Phi) is 5.53. The van der Waals surface area contributed by atoms with Crippen molar-refractivity contribution in [3.8, 4) is 11.4 Å². The molecule has 1 N–H and O–H groups in total. The van der Waals surface area contributed by atoms with Crippen molar-refractivity contribution >= 4 is 28.2 Å². The highest BCUT2D eigenvalue weighted by molar-refractivity contribution is 8.00. The number of halogens is 3. The maximum atomic E-state index is 12.6. The van der Waals surface area contributed by atoms with Gasteiger partial charge in [0, 0.05) is 5.56 Å². The molecule has 3 aromatic heterocycles. The molecule has 0 spiro atoms. The van der Waals surface area contributed by atoms with Gasteiger partial charge in [0.1, 0.15) is 5.76 Å². The molecule has 0 fully saturated rings. The van der Waals surface area contributed by atoms with Gasteiger partial charge in [0.05, 0.1) is 24.1 Å². The molecule has 0 amide bonds. The summed E-state index contributed by atoms with van der Waals surface area (Å²) in [5.74, 6) is 1.72. The number of hydrogen-bond donors (Lipinski definition) is 1. The first-order valence-corrected chi connectivity index (χ1v) is 10.0. The van der Waals surface area contributed by atoms with Crippen molar-refractivity contribution < 1.29 is 22.1 Å². The van der Waals surface area contributed by atoms with Crippen LogP contribution in [0.15, 0.2) is 55.9 Å². The second kappa shape index (κ2) is 8.25. The molecule has 0 aliphatic carbocycles. The summed E-state index contributed by atoms with van der Waals surface area (Å²) in [7, 11) is 0. The van der Waals surface area contributed by atoms with Crippen LogP contribution in [0.5, 0.6) is 0 Å². The highest BCUT2D eigenvalue weighted by Gasteiger charge is 2.30. The van der Waals surface area contributed by atoms with Gasteiger partial charge in [-0.1, -0.05) is 40.4 Å². The van der Waals surface area contributed by atoms with Crippen molar-refractivity contribution in [2.45, 2.75) is 22.8 Å². The molecule has 12 heteroatoms. The van der Waals surface area contributed by atoms with Crippen LogP contribution in [0, 0.1) is 0 Å². The maximum absolute atomic E-state index is 12.6. The second-order valence-corrected chi connectivity index (χ2v) is 7.88. The third-order valence-corrected chi connectivity index (χ3v) is 5.66. The van der Waals surface area contributed by atoms with Gasteiger partial charge in [-0.15, -0.1) is 10.2 Å². The van der Waals surface area contributed by atoms with Gasteiger partial charge in [0.25, 0.3) is 0 Å². The van der Waals surface area contributed by atoms with Crippen LogP contribution in [0.25, 0.3) is 11.4 Å². The van der Waals surface area contributed by atoms with Crippen molar-refractivity contribution in [2.24, 2.45) is 0 Å². The summed E-state index contributed by atoms with van der Waals surface area (Å²) in [6.45, 7) is 0.506. The number of rotatable bonds is 7. The van der Waals surface area contributed by atoms with Crippen LogP contribution in [-0.4, -0.2) is 20.3 Å². The van der Waals surface area contributed by atoms with E-state index < -0.39 is 11.7 Å². The zero-order chi connectivity index (χ0) is 20.3. The first-order chi connectivity index (χ1) is 14.0. The molecule has 7 nitrogen and oxygen atoms in total. The fourth-order valence-electron chi connectivity index (χ4n) is 2.28.